The van der Waals surface area contributed by atoms with Crippen LogP contribution in [0.15, 0.2) is 29.2 Å². The Balaban J connectivity index is 2.70. The highest BCUT2D eigenvalue weighted by atomic mass is 32.2. The number of carbonyl (C=O) groups excluding carboxylic acids is 1. The molecule has 94 valence electrons. The lowest BCUT2D eigenvalue weighted by Gasteiger charge is -2.11. The number of esters is 1. The predicted octanol–water partition coefficient (Wildman–Crippen LogP) is 2.28. The quantitative estimate of drug-likeness (QED) is 0.761. The van der Waals surface area contributed by atoms with Crippen molar-refractivity contribution in [1.29, 1.82) is 0 Å². The third kappa shape index (κ3) is 3.93. The summed E-state index contributed by atoms with van der Waals surface area (Å²) in [6, 6.07) is 5.87. The summed E-state index contributed by atoms with van der Waals surface area (Å²) in [6.07, 6.45) is 0.0226. The lowest BCUT2D eigenvalue weighted by atomic mass is 10.3. The van der Waals surface area contributed by atoms with E-state index in [-0.39, 0.29) is 17.9 Å². The van der Waals surface area contributed by atoms with Crippen LogP contribution < -0.4 is 0 Å². The normalized spacial score (nSPS) is 14.1. The summed E-state index contributed by atoms with van der Waals surface area (Å²) in [4.78, 5) is 11.4. The molecule has 0 saturated heterocycles. The summed E-state index contributed by atoms with van der Waals surface area (Å²) < 4.78 is 30.1. The van der Waals surface area contributed by atoms with E-state index in [1.54, 1.807) is 19.9 Å². The fourth-order valence-electron chi connectivity index (χ4n) is 1.35. The number of hydrogen-bond acceptors (Lipinski definition) is 3. The van der Waals surface area contributed by atoms with Crippen LogP contribution in [0.4, 0.5) is 4.39 Å². The van der Waals surface area contributed by atoms with E-state index in [1.807, 2.05) is 0 Å². The molecular formula is C12H15FO3S. The van der Waals surface area contributed by atoms with Crippen molar-refractivity contribution in [3.63, 3.8) is 0 Å². The molecule has 0 heterocycles. The van der Waals surface area contributed by atoms with Crippen LogP contribution in [0, 0.1) is 5.82 Å². The van der Waals surface area contributed by atoms with Crippen molar-refractivity contribution < 1.29 is 18.1 Å². The van der Waals surface area contributed by atoms with Crippen LogP contribution >= 0.6 is 0 Å². The highest BCUT2D eigenvalue weighted by molar-refractivity contribution is 7.85. The Morgan fingerprint density at radius 1 is 1.47 bits per heavy atom. The summed E-state index contributed by atoms with van der Waals surface area (Å²) in [5, 5.41) is -0.467. The Labute approximate surface area is 102 Å². The fourth-order valence-corrected chi connectivity index (χ4v) is 2.55. The second kappa shape index (κ2) is 6.49. The van der Waals surface area contributed by atoms with Gasteiger partial charge in [0.05, 0.1) is 28.7 Å². The first-order valence-electron chi connectivity index (χ1n) is 5.37. The summed E-state index contributed by atoms with van der Waals surface area (Å²) in [6.45, 7) is 3.63. The molecule has 0 radical (unpaired) electrons. The van der Waals surface area contributed by atoms with Gasteiger partial charge in [0.25, 0.3) is 0 Å². The van der Waals surface area contributed by atoms with Gasteiger partial charge in [-0.25, -0.2) is 4.39 Å². The first-order valence-corrected chi connectivity index (χ1v) is 6.58. The van der Waals surface area contributed by atoms with Crippen LogP contribution in [0.25, 0.3) is 0 Å². The molecule has 2 unspecified atom stereocenters. The minimum atomic E-state index is -1.54. The molecule has 0 aromatic heterocycles. The van der Waals surface area contributed by atoms with Gasteiger partial charge >= 0.3 is 5.97 Å². The summed E-state index contributed by atoms with van der Waals surface area (Å²) in [7, 11) is -1.54. The molecule has 5 heteroatoms. The highest BCUT2D eigenvalue weighted by Gasteiger charge is 2.20. The van der Waals surface area contributed by atoms with Gasteiger partial charge in [0.15, 0.2) is 0 Å². The number of hydrogen-bond donors (Lipinski definition) is 0. The zero-order valence-electron chi connectivity index (χ0n) is 9.81. The number of rotatable bonds is 5. The number of halogens is 1. The molecule has 1 aromatic rings. The Morgan fingerprint density at radius 3 is 2.71 bits per heavy atom. The molecule has 0 aliphatic rings. The van der Waals surface area contributed by atoms with Crippen LogP contribution in [0.3, 0.4) is 0 Å². The van der Waals surface area contributed by atoms with Crippen molar-refractivity contribution in [2.45, 2.75) is 30.4 Å². The molecule has 0 N–H and O–H groups in total. The average molecular weight is 258 g/mol. The zero-order valence-corrected chi connectivity index (χ0v) is 10.6. The van der Waals surface area contributed by atoms with Gasteiger partial charge in [0, 0.05) is 5.25 Å². The van der Waals surface area contributed by atoms with Gasteiger partial charge in [-0.05, 0) is 26.0 Å². The largest absolute Gasteiger partial charge is 0.466 e. The first-order chi connectivity index (χ1) is 8.06. The predicted molar refractivity (Wildman–Crippen MR) is 63.5 cm³/mol. The monoisotopic (exact) mass is 258 g/mol. The van der Waals surface area contributed by atoms with E-state index in [0.29, 0.717) is 0 Å². The van der Waals surface area contributed by atoms with E-state index in [0.717, 1.165) is 0 Å². The van der Waals surface area contributed by atoms with Gasteiger partial charge in [-0.1, -0.05) is 12.1 Å². The SMILES string of the molecule is CCOC(=O)CC(C)S(=O)c1ccccc1F. The molecule has 17 heavy (non-hydrogen) atoms. The van der Waals surface area contributed by atoms with Crippen molar-refractivity contribution in [2.24, 2.45) is 0 Å². The fraction of sp³-hybridized carbons (Fsp3) is 0.417. The average Bonchev–Trinajstić information content (AvgIpc) is 2.29. The first kappa shape index (κ1) is 13.8. The molecule has 1 aromatic carbocycles. The molecule has 0 spiro atoms. The van der Waals surface area contributed by atoms with Crippen molar-refractivity contribution in [1.82, 2.24) is 0 Å². The van der Waals surface area contributed by atoms with Crippen molar-refractivity contribution in [3.05, 3.63) is 30.1 Å². The molecule has 2 atom stereocenters. The third-order valence-electron chi connectivity index (χ3n) is 2.18. The summed E-state index contributed by atoms with van der Waals surface area (Å²) in [5.41, 5.74) is 0. The topological polar surface area (TPSA) is 43.4 Å². The molecular weight excluding hydrogens is 243 g/mol. The lowest BCUT2D eigenvalue weighted by Crippen LogP contribution is -2.18. The molecule has 0 aliphatic carbocycles. The van der Waals surface area contributed by atoms with Crippen molar-refractivity contribution in [3.8, 4) is 0 Å². The van der Waals surface area contributed by atoms with Gasteiger partial charge in [0.2, 0.25) is 0 Å². The maximum absolute atomic E-state index is 13.4. The van der Waals surface area contributed by atoms with Crippen LogP contribution in [-0.4, -0.2) is 22.0 Å². The van der Waals surface area contributed by atoms with Gasteiger partial charge in [-0.3, -0.25) is 9.00 Å². The van der Waals surface area contributed by atoms with Crippen molar-refractivity contribution in [2.75, 3.05) is 6.61 Å². The number of benzene rings is 1. The van der Waals surface area contributed by atoms with Crippen LogP contribution in [0.5, 0.6) is 0 Å². The minimum absolute atomic E-state index is 0.0226. The van der Waals surface area contributed by atoms with E-state index in [2.05, 4.69) is 0 Å². The van der Waals surface area contributed by atoms with Crippen LogP contribution in [0.1, 0.15) is 20.3 Å². The molecule has 0 saturated carbocycles. The van der Waals surface area contributed by atoms with E-state index in [9.17, 15) is 13.4 Å². The Bertz CT molecular complexity index is 420. The Morgan fingerprint density at radius 2 is 2.12 bits per heavy atom. The van der Waals surface area contributed by atoms with Crippen LogP contribution in [0.2, 0.25) is 0 Å². The van der Waals surface area contributed by atoms with E-state index < -0.39 is 27.8 Å². The summed E-state index contributed by atoms with van der Waals surface area (Å²) in [5.74, 6) is -0.925. The molecule has 0 aliphatic heterocycles. The maximum atomic E-state index is 13.4. The second-order valence-electron chi connectivity index (χ2n) is 3.55. The summed E-state index contributed by atoms with van der Waals surface area (Å²) >= 11 is 0. The van der Waals surface area contributed by atoms with Gasteiger partial charge in [-0.15, -0.1) is 0 Å². The molecule has 0 amide bonds. The molecule has 3 nitrogen and oxygen atoms in total. The molecule has 1 rings (SSSR count). The Kier molecular flexibility index (Phi) is 5.28. The minimum Gasteiger partial charge on any atom is -0.466 e. The van der Waals surface area contributed by atoms with Crippen LogP contribution in [-0.2, 0) is 20.3 Å². The smallest absolute Gasteiger partial charge is 0.306 e. The standard InChI is InChI=1S/C12H15FO3S/c1-3-16-12(14)8-9(2)17(15)11-7-5-4-6-10(11)13/h4-7,9H,3,8H2,1-2H3. The van der Waals surface area contributed by atoms with Crippen molar-refractivity contribution >= 4 is 16.8 Å². The highest BCUT2D eigenvalue weighted by Crippen LogP contribution is 2.17. The Hall–Kier alpha value is -1.23. The lowest BCUT2D eigenvalue weighted by molar-refractivity contribution is -0.143. The second-order valence-corrected chi connectivity index (χ2v) is 5.39. The number of carbonyl (C=O) groups is 1. The van der Waals surface area contributed by atoms with Gasteiger partial charge < -0.3 is 4.74 Å². The number of ether oxygens (including phenoxy) is 1. The molecule has 0 bridgehead atoms. The zero-order chi connectivity index (χ0) is 12.8. The maximum Gasteiger partial charge on any atom is 0.306 e. The van der Waals surface area contributed by atoms with E-state index >= 15 is 0 Å². The third-order valence-corrected chi connectivity index (χ3v) is 3.84. The van der Waals surface area contributed by atoms with E-state index in [4.69, 9.17) is 4.74 Å². The van der Waals surface area contributed by atoms with Gasteiger partial charge in [-0.2, -0.15) is 0 Å². The van der Waals surface area contributed by atoms with E-state index in [1.165, 1.54) is 18.2 Å². The molecule has 0 fully saturated rings. The van der Waals surface area contributed by atoms with Gasteiger partial charge in [0.1, 0.15) is 5.82 Å².